The molecule has 0 radical (unpaired) electrons. The molecule has 2 aliphatic heterocycles. The number of alkyl halides is 3. The summed E-state index contributed by atoms with van der Waals surface area (Å²) in [5.74, 6) is 0.133. The Hall–Kier alpha value is -3.42. The summed E-state index contributed by atoms with van der Waals surface area (Å²) in [4.78, 5) is 18.7. The van der Waals surface area contributed by atoms with Crippen LogP contribution in [0.4, 0.5) is 13.2 Å². The van der Waals surface area contributed by atoms with E-state index in [-0.39, 0.29) is 17.4 Å². The van der Waals surface area contributed by atoms with Gasteiger partial charge in [0.15, 0.2) is 5.69 Å². The zero-order valence-corrected chi connectivity index (χ0v) is 22.7. The lowest BCUT2D eigenvalue weighted by molar-refractivity contribution is -0.141. The van der Waals surface area contributed by atoms with Crippen molar-refractivity contribution in [3.63, 3.8) is 0 Å². The molecule has 1 amide bonds. The fraction of sp³-hybridized carbons (Fsp3) is 0.414. The molecule has 0 saturated carbocycles. The van der Waals surface area contributed by atoms with Crippen molar-refractivity contribution in [2.75, 3.05) is 26.2 Å². The number of likely N-dealkylation sites (tertiary alicyclic amines) is 1. The third-order valence-electron chi connectivity index (χ3n) is 7.49. The van der Waals surface area contributed by atoms with Crippen LogP contribution < -0.4 is 0 Å². The first-order valence-corrected chi connectivity index (χ1v) is 13.9. The number of nitriles is 1. The van der Waals surface area contributed by atoms with Gasteiger partial charge in [-0.05, 0) is 48.6 Å². The summed E-state index contributed by atoms with van der Waals surface area (Å²) in [5, 5.41) is 13.4. The van der Waals surface area contributed by atoms with Crippen LogP contribution in [-0.4, -0.2) is 51.7 Å². The third kappa shape index (κ3) is 5.65. The Morgan fingerprint density at radius 3 is 2.72 bits per heavy atom. The first-order chi connectivity index (χ1) is 18.7. The number of fused-ring (bicyclic) bond motifs is 1. The molecule has 2 unspecified atom stereocenters. The number of thiophene rings is 1. The highest BCUT2D eigenvalue weighted by Gasteiger charge is 2.39. The van der Waals surface area contributed by atoms with Gasteiger partial charge in [0.05, 0.1) is 6.54 Å². The maximum Gasteiger partial charge on any atom is 0.435 e. The molecule has 0 N–H and O–H groups in total. The normalized spacial score (nSPS) is 19.9. The van der Waals surface area contributed by atoms with Crippen LogP contribution in [0.5, 0.6) is 0 Å². The Balaban J connectivity index is 1.50. The van der Waals surface area contributed by atoms with Crippen molar-refractivity contribution in [1.82, 2.24) is 19.6 Å². The second kappa shape index (κ2) is 11.0. The number of nitrogens with zero attached hydrogens (tertiary/aromatic N) is 5. The van der Waals surface area contributed by atoms with Crippen LogP contribution in [0.15, 0.2) is 48.7 Å². The highest BCUT2D eigenvalue weighted by atomic mass is 32.1. The standard InChI is InChI=1S/C29H30F3N5OS/c1-3-37-17-25(28(34-37)29(30,31)32)22-8-5-4-7-21(22)24-16-36(18-26-23(24)13-20(14-33)39-26)27(38)9-6-11-35-12-10-19(2)15-35/h4-9,13,17,19,24H,3,10-12,15-16,18H2,1-2H3/b9-6+. The molecular formula is C29H30F3N5OS. The summed E-state index contributed by atoms with van der Waals surface area (Å²) in [7, 11) is 0. The minimum absolute atomic E-state index is 0.0143. The van der Waals surface area contributed by atoms with E-state index in [0.29, 0.717) is 48.1 Å². The molecular weight excluding hydrogens is 523 g/mol. The molecule has 1 aromatic carbocycles. The second-order valence-electron chi connectivity index (χ2n) is 10.3. The number of aryl methyl sites for hydroxylation is 1. The molecule has 1 saturated heterocycles. The molecule has 2 aliphatic rings. The minimum atomic E-state index is -4.61. The molecule has 10 heteroatoms. The maximum absolute atomic E-state index is 14.0. The average molecular weight is 554 g/mol. The van der Waals surface area contributed by atoms with Gasteiger partial charge in [-0.1, -0.05) is 37.3 Å². The summed E-state index contributed by atoms with van der Waals surface area (Å²) in [6, 6.07) is 11.0. The van der Waals surface area contributed by atoms with Crippen LogP contribution in [0, 0.1) is 17.2 Å². The van der Waals surface area contributed by atoms with E-state index in [1.54, 1.807) is 36.1 Å². The number of halogens is 3. The molecule has 0 bridgehead atoms. The Labute approximate surface area is 230 Å². The van der Waals surface area contributed by atoms with E-state index in [9.17, 15) is 23.2 Å². The first kappa shape index (κ1) is 27.2. The smallest absolute Gasteiger partial charge is 0.333 e. The van der Waals surface area contributed by atoms with Crippen molar-refractivity contribution in [3.05, 3.63) is 75.3 Å². The Bertz CT molecular complexity index is 1430. The van der Waals surface area contributed by atoms with Crippen molar-refractivity contribution in [3.8, 4) is 17.2 Å². The average Bonchev–Trinajstić information content (AvgIpc) is 3.65. The Morgan fingerprint density at radius 1 is 1.23 bits per heavy atom. The molecule has 0 aliphatic carbocycles. The number of carbonyl (C=O) groups is 1. The fourth-order valence-corrected chi connectivity index (χ4v) is 6.58. The van der Waals surface area contributed by atoms with Crippen molar-refractivity contribution >= 4 is 17.2 Å². The second-order valence-corrected chi connectivity index (χ2v) is 11.4. The van der Waals surface area contributed by atoms with Gasteiger partial charge < -0.3 is 4.90 Å². The predicted octanol–water partition coefficient (Wildman–Crippen LogP) is 5.89. The monoisotopic (exact) mass is 553 g/mol. The summed E-state index contributed by atoms with van der Waals surface area (Å²) < 4.78 is 43.3. The number of carbonyl (C=O) groups excluding carboxylic acids is 1. The van der Waals surface area contributed by atoms with Crippen molar-refractivity contribution < 1.29 is 18.0 Å². The van der Waals surface area contributed by atoms with Gasteiger partial charge in [0.25, 0.3) is 0 Å². The number of aromatic nitrogens is 2. The van der Waals surface area contributed by atoms with Gasteiger partial charge in [0.2, 0.25) is 5.91 Å². The first-order valence-electron chi connectivity index (χ1n) is 13.1. The quantitative estimate of drug-likeness (QED) is 0.357. The lowest BCUT2D eigenvalue weighted by Crippen LogP contribution is -2.37. The molecule has 1 fully saturated rings. The number of hydrogen-bond acceptors (Lipinski definition) is 5. The van der Waals surface area contributed by atoms with Crippen LogP contribution in [0.3, 0.4) is 0 Å². The molecule has 2 aromatic heterocycles. The van der Waals surface area contributed by atoms with Crippen molar-refractivity contribution in [1.29, 1.82) is 5.26 Å². The van der Waals surface area contributed by atoms with Gasteiger partial charge in [-0.2, -0.15) is 23.5 Å². The van der Waals surface area contributed by atoms with E-state index in [1.165, 1.54) is 22.2 Å². The maximum atomic E-state index is 14.0. The van der Waals surface area contributed by atoms with E-state index in [0.717, 1.165) is 30.0 Å². The van der Waals surface area contributed by atoms with E-state index in [1.807, 2.05) is 18.2 Å². The van der Waals surface area contributed by atoms with E-state index < -0.39 is 11.9 Å². The summed E-state index contributed by atoms with van der Waals surface area (Å²) in [5.41, 5.74) is 1.08. The predicted molar refractivity (Wildman–Crippen MR) is 144 cm³/mol. The summed E-state index contributed by atoms with van der Waals surface area (Å²) >= 11 is 1.33. The molecule has 0 spiro atoms. The minimum Gasteiger partial charge on any atom is -0.333 e. The van der Waals surface area contributed by atoms with Gasteiger partial charge in [-0.15, -0.1) is 11.3 Å². The molecule has 2 atom stereocenters. The highest BCUT2D eigenvalue weighted by molar-refractivity contribution is 7.12. The fourth-order valence-electron chi connectivity index (χ4n) is 5.54. The van der Waals surface area contributed by atoms with Gasteiger partial charge >= 0.3 is 6.18 Å². The Morgan fingerprint density at radius 2 is 2.03 bits per heavy atom. The number of benzene rings is 1. The zero-order chi connectivity index (χ0) is 27.7. The van der Waals surface area contributed by atoms with Gasteiger partial charge in [0.1, 0.15) is 10.9 Å². The van der Waals surface area contributed by atoms with Crippen LogP contribution in [0.25, 0.3) is 11.1 Å². The lowest BCUT2D eigenvalue weighted by atomic mass is 9.83. The van der Waals surface area contributed by atoms with Crippen molar-refractivity contribution in [2.24, 2.45) is 5.92 Å². The number of hydrogen-bond donors (Lipinski definition) is 0. The molecule has 5 rings (SSSR count). The lowest BCUT2D eigenvalue weighted by Gasteiger charge is -2.33. The van der Waals surface area contributed by atoms with E-state index >= 15 is 0 Å². The summed E-state index contributed by atoms with van der Waals surface area (Å²) in [6.07, 6.45) is 1.47. The number of rotatable bonds is 6. The van der Waals surface area contributed by atoms with E-state index in [2.05, 4.69) is 23.0 Å². The molecule has 6 nitrogen and oxygen atoms in total. The molecule has 3 aromatic rings. The van der Waals surface area contributed by atoms with Gasteiger partial charge in [-0.25, -0.2) is 0 Å². The highest BCUT2D eigenvalue weighted by Crippen LogP contribution is 2.44. The van der Waals surface area contributed by atoms with Crippen LogP contribution in [-0.2, 0) is 24.1 Å². The van der Waals surface area contributed by atoms with Gasteiger partial charge in [-0.3, -0.25) is 14.4 Å². The Kier molecular flexibility index (Phi) is 7.65. The molecule has 4 heterocycles. The zero-order valence-electron chi connectivity index (χ0n) is 21.9. The number of amides is 1. The topological polar surface area (TPSA) is 65.2 Å². The van der Waals surface area contributed by atoms with Crippen molar-refractivity contribution in [2.45, 2.75) is 45.5 Å². The van der Waals surface area contributed by atoms with Crippen LogP contribution in [0.2, 0.25) is 0 Å². The SMILES string of the molecule is CCn1cc(-c2ccccc2C2CN(C(=O)/C=C/CN3CCC(C)C3)Cc3sc(C#N)cc32)c(C(F)(F)F)n1. The molecule has 204 valence electrons. The third-order valence-corrected chi connectivity index (χ3v) is 8.53. The summed E-state index contributed by atoms with van der Waals surface area (Å²) in [6.45, 7) is 7.69. The largest absolute Gasteiger partial charge is 0.435 e. The van der Waals surface area contributed by atoms with Crippen LogP contribution >= 0.6 is 11.3 Å². The molecule has 39 heavy (non-hydrogen) atoms. The van der Waals surface area contributed by atoms with E-state index in [4.69, 9.17) is 0 Å². The van der Waals surface area contributed by atoms with Crippen LogP contribution in [0.1, 0.15) is 52.8 Å². The van der Waals surface area contributed by atoms with Gasteiger partial charge in [0, 0.05) is 54.8 Å².